The molecule has 2 N–H and O–H groups in total. The lowest BCUT2D eigenvalue weighted by molar-refractivity contribution is 0.0184. The maximum Gasteiger partial charge on any atom is 0.577 e. The van der Waals surface area contributed by atoms with Gasteiger partial charge in [-0.25, -0.2) is 9.37 Å². The Balaban J connectivity index is 1.50. The molecular formula is C23H32FN3O8P2+2. The van der Waals surface area contributed by atoms with Crippen LogP contribution in [-0.4, -0.2) is 79.2 Å². The fourth-order valence-electron chi connectivity index (χ4n) is 3.73. The standard InChI is InChI=1S/C23H32FN3O8P2/c1-26(21-7-3-4-10-25-21)11-12-27(2)22(28)19-9-8-18(17-20(19)24)23(36(29)31-13-5-14-32-36)35-37(30)33-15-6-16-34-37/h3-4,7-10,17,23,29-30H,5-6,11-16H2,1-2H3/q+2. The number of halogens is 1. The highest BCUT2D eigenvalue weighted by atomic mass is 31.2. The van der Waals surface area contributed by atoms with Crippen molar-refractivity contribution < 1.29 is 41.6 Å². The Morgan fingerprint density at radius 2 is 1.73 bits per heavy atom. The lowest BCUT2D eigenvalue weighted by Crippen LogP contribution is -2.35. The van der Waals surface area contributed by atoms with Crippen molar-refractivity contribution in [2.45, 2.75) is 18.7 Å². The zero-order chi connectivity index (χ0) is 26.5. The number of anilines is 1. The highest BCUT2D eigenvalue weighted by molar-refractivity contribution is 7.62. The molecule has 1 aromatic heterocycles. The molecule has 0 saturated carbocycles. The Morgan fingerprint density at radius 3 is 2.35 bits per heavy atom. The van der Waals surface area contributed by atoms with E-state index in [0.29, 0.717) is 25.9 Å². The molecule has 14 heteroatoms. The van der Waals surface area contributed by atoms with Crippen LogP contribution in [0.15, 0.2) is 42.6 Å². The summed E-state index contributed by atoms with van der Waals surface area (Å²) in [5.41, 5.74) is -0.0320. The van der Waals surface area contributed by atoms with Crippen molar-refractivity contribution in [2.75, 3.05) is 58.5 Å². The number of carbonyl (C=O) groups excluding carboxylic acids is 1. The minimum atomic E-state index is -3.80. The van der Waals surface area contributed by atoms with Crippen LogP contribution in [0.2, 0.25) is 0 Å². The largest absolute Gasteiger partial charge is 0.577 e. The molecule has 4 rings (SSSR count). The first kappa shape index (κ1) is 28.2. The number of benzene rings is 1. The van der Waals surface area contributed by atoms with Crippen molar-refractivity contribution >= 4 is 27.8 Å². The van der Waals surface area contributed by atoms with Crippen molar-refractivity contribution in [1.29, 1.82) is 0 Å². The lowest BCUT2D eigenvalue weighted by atomic mass is 10.1. The first-order chi connectivity index (χ1) is 17.7. The zero-order valence-corrected chi connectivity index (χ0v) is 22.5. The van der Waals surface area contributed by atoms with Crippen molar-refractivity contribution in [1.82, 2.24) is 9.88 Å². The molecule has 11 nitrogen and oxygen atoms in total. The van der Waals surface area contributed by atoms with Gasteiger partial charge in [0, 0.05) is 51.8 Å². The Hall–Kier alpha value is -1.85. The number of pyridine rings is 1. The van der Waals surface area contributed by atoms with Crippen LogP contribution < -0.4 is 4.90 Å². The number of amides is 1. The van der Waals surface area contributed by atoms with Crippen LogP contribution >= 0.6 is 16.1 Å². The predicted octanol–water partition coefficient (Wildman–Crippen LogP) is 3.74. The average molecular weight is 559 g/mol. The molecule has 202 valence electrons. The quantitative estimate of drug-likeness (QED) is 0.439. The van der Waals surface area contributed by atoms with Crippen molar-refractivity contribution in [3.8, 4) is 0 Å². The van der Waals surface area contributed by atoms with Crippen LogP contribution in [0.3, 0.4) is 0 Å². The molecule has 1 unspecified atom stereocenters. The molecule has 2 fully saturated rings. The van der Waals surface area contributed by atoms with E-state index in [9.17, 15) is 14.6 Å². The smallest absolute Gasteiger partial charge is 0.358 e. The Bertz CT molecular complexity index is 1060. The SMILES string of the molecule is CN(CCN(C)c1ccccn1)C(=O)c1ccc(C(O[P+]2(O)OCCCO2)[P+]2(O)OCCCO2)cc1F. The van der Waals surface area contributed by atoms with Crippen LogP contribution in [-0.2, 0) is 22.6 Å². The van der Waals surface area contributed by atoms with Gasteiger partial charge >= 0.3 is 22.0 Å². The first-order valence-corrected chi connectivity index (χ1v) is 15.0. The minimum Gasteiger partial charge on any atom is -0.358 e. The second-order valence-electron chi connectivity index (χ2n) is 8.61. The summed E-state index contributed by atoms with van der Waals surface area (Å²) in [6.45, 7) is 1.65. The second-order valence-corrected chi connectivity index (χ2v) is 12.4. The van der Waals surface area contributed by atoms with Gasteiger partial charge < -0.3 is 9.80 Å². The monoisotopic (exact) mass is 559 g/mol. The third-order valence-electron chi connectivity index (χ3n) is 5.83. The van der Waals surface area contributed by atoms with Crippen molar-refractivity contribution in [3.63, 3.8) is 0 Å². The molecular weight excluding hydrogens is 527 g/mol. The average Bonchev–Trinajstić information content (AvgIpc) is 2.91. The van der Waals surface area contributed by atoms with E-state index >= 15 is 4.39 Å². The maximum absolute atomic E-state index is 15.3. The van der Waals surface area contributed by atoms with Crippen LogP contribution in [0.4, 0.5) is 10.2 Å². The number of carbonyl (C=O) groups is 1. The number of aromatic nitrogens is 1. The fourth-order valence-corrected chi connectivity index (χ4v) is 7.52. The number of hydrogen-bond donors (Lipinski definition) is 2. The molecule has 37 heavy (non-hydrogen) atoms. The van der Waals surface area contributed by atoms with E-state index in [1.165, 1.54) is 17.0 Å². The van der Waals surface area contributed by atoms with Crippen LogP contribution in [0, 0.1) is 5.82 Å². The van der Waals surface area contributed by atoms with E-state index in [2.05, 4.69) is 4.98 Å². The maximum atomic E-state index is 15.3. The van der Waals surface area contributed by atoms with Gasteiger partial charge in [-0.3, -0.25) is 4.79 Å². The van der Waals surface area contributed by atoms with E-state index in [1.807, 2.05) is 30.1 Å². The summed E-state index contributed by atoms with van der Waals surface area (Å²) in [6, 6.07) is 9.36. The van der Waals surface area contributed by atoms with Crippen molar-refractivity contribution in [3.05, 3.63) is 59.5 Å². The molecule has 3 heterocycles. The summed E-state index contributed by atoms with van der Waals surface area (Å²) >= 11 is 0. The van der Waals surface area contributed by atoms with E-state index in [1.54, 1.807) is 13.2 Å². The van der Waals surface area contributed by atoms with E-state index in [4.69, 9.17) is 22.6 Å². The molecule has 0 radical (unpaired) electrons. The molecule has 0 aliphatic carbocycles. The first-order valence-electron chi connectivity index (χ1n) is 11.9. The lowest BCUT2D eigenvalue weighted by Gasteiger charge is -2.29. The molecule has 2 aliphatic heterocycles. The molecule has 1 aromatic carbocycles. The van der Waals surface area contributed by atoms with Gasteiger partial charge in [0.2, 0.25) is 0 Å². The summed E-state index contributed by atoms with van der Waals surface area (Å²) in [5.74, 6) is -1.97. The molecule has 0 spiro atoms. The van der Waals surface area contributed by atoms with Gasteiger partial charge in [0.15, 0.2) is 0 Å². The van der Waals surface area contributed by atoms with E-state index in [-0.39, 0.29) is 37.6 Å². The normalized spacial score (nSPS) is 19.7. The van der Waals surface area contributed by atoms with Gasteiger partial charge in [0.1, 0.15) is 24.8 Å². The molecule has 0 bridgehead atoms. The topological polar surface area (TPSA) is 123 Å². The third-order valence-corrected chi connectivity index (χ3v) is 9.60. The Labute approximate surface area is 216 Å². The van der Waals surface area contributed by atoms with Gasteiger partial charge in [-0.15, -0.1) is 0 Å². The van der Waals surface area contributed by atoms with Gasteiger partial charge in [-0.2, -0.15) is 27.9 Å². The predicted molar refractivity (Wildman–Crippen MR) is 136 cm³/mol. The molecule has 1 atom stereocenters. The van der Waals surface area contributed by atoms with Crippen LogP contribution in [0.1, 0.15) is 34.6 Å². The van der Waals surface area contributed by atoms with Gasteiger partial charge in [-0.1, -0.05) is 16.7 Å². The second kappa shape index (κ2) is 12.3. The van der Waals surface area contributed by atoms with Crippen LogP contribution in [0.5, 0.6) is 0 Å². The van der Waals surface area contributed by atoms with Gasteiger partial charge in [0.25, 0.3) is 5.91 Å². The zero-order valence-electron chi connectivity index (χ0n) is 20.7. The number of nitrogens with zero attached hydrogens (tertiary/aromatic N) is 3. The Morgan fingerprint density at radius 1 is 1.05 bits per heavy atom. The Kier molecular flexibility index (Phi) is 9.39. The van der Waals surface area contributed by atoms with Gasteiger partial charge in [-0.05, 0) is 24.3 Å². The highest BCUT2D eigenvalue weighted by Gasteiger charge is 2.63. The van der Waals surface area contributed by atoms with Crippen LogP contribution in [0.25, 0.3) is 0 Å². The third kappa shape index (κ3) is 6.97. The van der Waals surface area contributed by atoms with Gasteiger partial charge in [0.05, 0.1) is 18.8 Å². The summed E-state index contributed by atoms with van der Waals surface area (Å²) in [5, 5.41) is 0. The number of likely N-dealkylation sites (N-methyl/N-ethyl adjacent to an activating group) is 2. The molecule has 1 amide bonds. The summed E-state index contributed by atoms with van der Waals surface area (Å²) < 4.78 is 42.6. The molecule has 2 saturated heterocycles. The number of hydrogen-bond acceptors (Lipinski definition) is 10. The molecule has 2 aromatic rings. The fraction of sp³-hybridized carbons (Fsp3) is 0.478. The number of rotatable bonds is 9. The van der Waals surface area contributed by atoms with E-state index in [0.717, 1.165) is 11.9 Å². The summed E-state index contributed by atoms with van der Waals surface area (Å²) in [4.78, 5) is 42.4. The summed E-state index contributed by atoms with van der Waals surface area (Å²) in [6.07, 6.45) is 2.81. The summed E-state index contributed by atoms with van der Waals surface area (Å²) in [7, 11) is -4.08. The highest BCUT2D eigenvalue weighted by Crippen LogP contribution is 2.76. The molecule has 2 aliphatic rings. The van der Waals surface area contributed by atoms with Crippen molar-refractivity contribution in [2.24, 2.45) is 0 Å². The van der Waals surface area contributed by atoms with E-state index < -0.39 is 33.7 Å². The minimum absolute atomic E-state index is 0.121.